The van der Waals surface area contributed by atoms with Crippen LogP contribution in [0.1, 0.15) is 29.8 Å². The van der Waals surface area contributed by atoms with Crippen molar-refractivity contribution < 1.29 is 23.5 Å². The van der Waals surface area contributed by atoms with Crippen molar-refractivity contribution in [1.29, 1.82) is 0 Å². The van der Waals surface area contributed by atoms with Gasteiger partial charge in [0.05, 0.1) is 18.8 Å². The fraction of sp³-hybridized carbons (Fsp3) is 0.143. The van der Waals surface area contributed by atoms with Crippen molar-refractivity contribution in [2.45, 2.75) is 26.4 Å². The number of benzene rings is 4. The monoisotopic (exact) mass is 438 g/mol. The Kier molecular flexibility index (Phi) is 5.31. The molecule has 0 atom stereocenters. The van der Waals surface area contributed by atoms with Crippen LogP contribution in [0.3, 0.4) is 0 Å². The Hall–Kier alpha value is -4.12. The van der Waals surface area contributed by atoms with Gasteiger partial charge in [0.2, 0.25) is 0 Å². The fourth-order valence-corrected chi connectivity index (χ4v) is 4.10. The van der Waals surface area contributed by atoms with Gasteiger partial charge in [0, 0.05) is 16.3 Å². The zero-order valence-electron chi connectivity index (χ0n) is 18.3. The Bertz CT molecular complexity index is 1510. The second-order valence-corrected chi connectivity index (χ2v) is 8.19. The van der Waals surface area contributed by atoms with Crippen molar-refractivity contribution in [3.63, 3.8) is 0 Å². The highest BCUT2D eigenvalue weighted by Crippen LogP contribution is 2.33. The number of hydrogen-bond donors (Lipinski definition) is 0. The molecule has 0 aliphatic rings. The fourth-order valence-electron chi connectivity index (χ4n) is 4.10. The van der Waals surface area contributed by atoms with E-state index in [1.165, 1.54) is 0 Å². The third kappa shape index (κ3) is 3.94. The Morgan fingerprint density at radius 2 is 1.52 bits per heavy atom. The van der Waals surface area contributed by atoms with Crippen LogP contribution in [0.25, 0.3) is 32.5 Å². The molecular formula is C28H22O5. The highest BCUT2D eigenvalue weighted by Gasteiger charge is 2.22. The van der Waals surface area contributed by atoms with Crippen LogP contribution in [0.4, 0.5) is 0 Å². The number of furan rings is 1. The summed E-state index contributed by atoms with van der Waals surface area (Å²) in [5.41, 5.74) is 1.67. The molecule has 0 fully saturated rings. The van der Waals surface area contributed by atoms with E-state index in [2.05, 4.69) is 0 Å². The number of rotatable bonds is 5. The largest absolute Gasteiger partial charge is 0.464 e. The lowest BCUT2D eigenvalue weighted by molar-refractivity contribution is -0.133. The average molecular weight is 438 g/mol. The summed E-state index contributed by atoms with van der Waals surface area (Å²) in [7, 11) is 0. The van der Waals surface area contributed by atoms with Gasteiger partial charge in [0.1, 0.15) is 11.1 Å². The van der Waals surface area contributed by atoms with Crippen LogP contribution in [0, 0.1) is 0 Å². The first-order valence-electron chi connectivity index (χ1n) is 10.8. The van der Waals surface area contributed by atoms with Crippen molar-refractivity contribution in [2.75, 3.05) is 0 Å². The van der Waals surface area contributed by atoms with Crippen LogP contribution >= 0.6 is 0 Å². The van der Waals surface area contributed by atoms with E-state index >= 15 is 0 Å². The molecule has 0 bridgehead atoms. The van der Waals surface area contributed by atoms with E-state index < -0.39 is 11.9 Å². The van der Waals surface area contributed by atoms with Gasteiger partial charge in [-0.1, -0.05) is 60.7 Å². The van der Waals surface area contributed by atoms with Crippen LogP contribution in [0.5, 0.6) is 5.75 Å². The van der Waals surface area contributed by atoms with Crippen molar-refractivity contribution in [2.24, 2.45) is 0 Å². The minimum absolute atomic E-state index is 0.00287. The maximum absolute atomic E-state index is 13.1. The number of ether oxygens (including phenoxy) is 2. The molecule has 33 heavy (non-hydrogen) atoms. The molecule has 0 amide bonds. The van der Waals surface area contributed by atoms with Crippen LogP contribution in [-0.4, -0.2) is 18.0 Å². The third-order valence-corrected chi connectivity index (χ3v) is 5.53. The number of carbonyl (C=O) groups is 2. The van der Waals surface area contributed by atoms with Gasteiger partial charge in [-0.25, -0.2) is 4.79 Å². The summed E-state index contributed by atoms with van der Waals surface area (Å²) in [5.74, 6) is -0.805. The zero-order chi connectivity index (χ0) is 22.9. The molecule has 164 valence electrons. The Balaban J connectivity index is 1.52. The van der Waals surface area contributed by atoms with Crippen LogP contribution in [-0.2, 0) is 16.0 Å². The van der Waals surface area contributed by atoms with E-state index in [-0.39, 0.29) is 23.8 Å². The van der Waals surface area contributed by atoms with E-state index in [4.69, 9.17) is 13.9 Å². The maximum Gasteiger partial charge on any atom is 0.342 e. The third-order valence-electron chi connectivity index (χ3n) is 5.53. The number of hydrogen-bond acceptors (Lipinski definition) is 5. The van der Waals surface area contributed by atoms with Gasteiger partial charge in [0.15, 0.2) is 5.75 Å². The van der Waals surface area contributed by atoms with Crippen LogP contribution < -0.4 is 4.74 Å². The average Bonchev–Trinajstić information content (AvgIpc) is 3.22. The first-order chi connectivity index (χ1) is 16.0. The topological polar surface area (TPSA) is 65.7 Å². The van der Waals surface area contributed by atoms with Gasteiger partial charge in [-0.05, 0) is 42.1 Å². The molecule has 0 radical (unpaired) electrons. The van der Waals surface area contributed by atoms with Gasteiger partial charge in [-0.15, -0.1) is 0 Å². The Morgan fingerprint density at radius 1 is 0.848 bits per heavy atom. The standard InChI is InChI=1S/C28H22O5/c1-17(2)32-28(30)23-13-11-19-8-4-6-10-22(19)27(23)33-25(29)15-20-16-31-24-14-12-18-7-3-5-9-21(18)26(20)24/h3-14,16-17H,15H2,1-2H3. The Labute approximate surface area is 190 Å². The van der Waals surface area contributed by atoms with Gasteiger partial charge in [-0.3, -0.25) is 4.79 Å². The minimum atomic E-state index is -0.529. The predicted octanol–water partition coefficient (Wildman–Crippen LogP) is 6.45. The van der Waals surface area contributed by atoms with Gasteiger partial charge in [0.25, 0.3) is 0 Å². The first kappa shape index (κ1) is 20.8. The van der Waals surface area contributed by atoms with Gasteiger partial charge in [-0.2, -0.15) is 0 Å². The van der Waals surface area contributed by atoms with Crippen LogP contribution in [0.15, 0.2) is 83.5 Å². The highest BCUT2D eigenvalue weighted by molar-refractivity contribution is 6.08. The molecule has 0 N–H and O–H groups in total. The zero-order valence-corrected chi connectivity index (χ0v) is 18.3. The molecular weight excluding hydrogens is 416 g/mol. The lowest BCUT2D eigenvalue weighted by Gasteiger charge is -2.14. The molecule has 5 aromatic rings. The Morgan fingerprint density at radius 3 is 2.27 bits per heavy atom. The molecule has 1 heterocycles. The molecule has 5 heteroatoms. The molecule has 4 aromatic carbocycles. The summed E-state index contributed by atoms with van der Waals surface area (Å²) >= 11 is 0. The lowest BCUT2D eigenvalue weighted by atomic mass is 10.0. The van der Waals surface area contributed by atoms with E-state index in [1.807, 2.05) is 66.7 Å². The second kappa shape index (κ2) is 8.43. The molecule has 1 aromatic heterocycles. The molecule has 0 saturated heterocycles. The van der Waals surface area contributed by atoms with Crippen LogP contribution in [0.2, 0.25) is 0 Å². The van der Waals surface area contributed by atoms with Crippen molar-refractivity contribution in [1.82, 2.24) is 0 Å². The highest BCUT2D eigenvalue weighted by atomic mass is 16.6. The summed E-state index contributed by atoms with van der Waals surface area (Å²) in [6.45, 7) is 3.55. The summed E-state index contributed by atoms with van der Waals surface area (Å²) in [4.78, 5) is 25.8. The molecule has 0 spiro atoms. The van der Waals surface area contributed by atoms with E-state index in [9.17, 15) is 9.59 Å². The summed E-state index contributed by atoms with van der Waals surface area (Å²) < 4.78 is 16.9. The van der Waals surface area contributed by atoms with Crippen molar-refractivity contribution in [3.05, 3.63) is 90.2 Å². The van der Waals surface area contributed by atoms with E-state index in [0.717, 1.165) is 27.1 Å². The van der Waals surface area contributed by atoms with E-state index in [0.29, 0.717) is 11.0 Å². The number of carbonyl (C=O) groups excluding carboxylic acids is 2. The normalized spacial score (nSPS) is 11.4. The lowest BCUT2D eigenvalue weighted by Crippen LogP contribution is -2.17. The summed E-state index contributed by atoms with van der Waals surface area (Å²) in [6.07, 6.45) is 1.30. The SMILES string of the molecule is CC(C)OC(=O)c1ccc2ccccc2c1OC(=O)Cc1coc2ccc3ccccc3c12. The molecule has 5 rings (SSSR count). The summed E-state index contributed by atoms with van der Waals surface area (Å²) in [5, 5.41) is 4.50. The smallest absolute Gasteiger partial charge is 0.342 e. The quantitative estimate of drug-likeness (QED) is 0.233. The molecule has 0 unspecified atom stereocenters. The van der Waals surface area contributed by atoms with E-state index in [1.54, 1.807) is 26.2 Å². The second-order valence-electron chi connectivity index (χ2n) is 8.19. The molecule has 0 aliphatic carbocycles. The molecule has 5 nitrogen and oxygen atoms in total. The maximum atomic E-state index is 13.1. The number of esters is 2. The number of fused-ring (bicyclic) bond motifs is 4. The van der Waals surface area contributed by atoms with Gasteiger partial charge >= 0.3 is 11.9 Å². The minimum Gasteiger partial charge on any atom is -0.464 e. The molecule has 0 saturated carbocycles. The first-order valence-corrected chi connectivity index (χ1v) is 10.8. The van der Waals surface area contributed by atoms with Crippen molar-refractivity contribution >= 4 is 44.5 Å². The molecule has 0 aliphatic heterocycles. The van der Waals surface area contributed by atoms with Gasteiger partial charge < -0.3 is 13.9 Å². The predicted molar refractivity (Wildman–Crippen MR) is 128 cm³/mol. The van der Waals surface area contributed by atoms with Crippen molar-refractivity contribution in [3.8, 4) is 5.75 Å². The summed E-state index contributed by atoms with van der Waals surface area (Å²) in [6, 6.07) is 22.8.